The van der Waals surface area contributed by atoms with Crippen molar-refractivity contribution in [3.8, 4) is 0 Å². The molecule has 0 atom stereocenters. The molecule has 1 aromatic carbocycles. The number of aromatic nitrogens is 2. The summed E-state index contributed by atoms with van der Waals surface area (Å²) < 4.78 is 12.9. The number of ether oxygens (including phenoxy) is 2. The fourth-order valence-electron chi connectivity index (χ4n) is 3.73. The van der Waals surface area contributed by atoms with E-state index in [0.29, 0.717) is 51.6 Å². The Labute approximate surface area is 183 Å². The van der Waals surface area contributed by atoms with Gasteiger partial charge in [0.2, 0.25) is 11.9 Å². The first kappa shape index (κ1) is 23.1. The van der Waals surface area contributed by atoms with E-state index in [9.17, 15) is 9.59 Å². The lowest BCUT2D eigenvalue weighted by Gasteiger charge is -2.32. The van der Waals surface area contributed by atoms with E-state index in [2.05, 4.69) is 10.3 Å². The molecular formula is C23H34N4O4. The first-order valence-corrected chi connectivity index (χ1v) is 11.1. The Bertz CT molecular complexity index is 895. The zero-order valence-electron chi connectivity index (χ0n) is 19.0. The van der Waals surface area contributed by atoms with Gasteiger partial charge in [0.25, 0.3) is 0 Å². The number of imidazole rings is 1. The first-order chi connectivity index (χ1) is 14.8. The molecule has 1 aliphatic heterocycles. The molecule has 8 heteroatoms. The Morgan fingerprint density at radius 1 is 1.19 bits per heavy atom. The Morgan fingerprint density at radius 3 is 2.58 bits per heavy atom. The van der Waals surface area contributed by atoms with Crippen LogP contribution in [0.1, 0.15) is 47.0 Å². The Morgan fingerprint density at radius 2 is 1.90 bits per heavy atom. The number of benzene rings is 1. The number of rotatable bonds is 7. The lowest BCUT2D eigenvalue weighted by atomic mass is 9.96. The van der Waals surface area contributed by atoms with Gasteiger partial charge in [0.1, 0.15) is 5.60 Å². The summed E-state index contributed by atoms with van der Waals surface area (Å²) in [7, 11) is 0. The van der Waals surface area contributed by atoms with Crippen molar-refractivity contribution in [2.24, 2.45) is 5.92 Å². The van der Waals surface area contributed by atoms with Crippen molar-refractivity contribution in [1.82, 2.24) is 14.5 Å². The number of nitrogens with zero attached hydrogens (tertiary/aromatic N) is 3. The molecule has 0 unspecified atom stereocenters. The predicted octanol–water partition coefficient (Wildman–Crippen LogP) is 4.05. The minimum Gasteiger partial charge on any atom is -0.444 e. The van der Waals surface area contributed by atoms with Crippen LogP contribution >= 0.6 is 0 Å². The van der Waals surface area contributed by atoms with Gasteiger partial charge < -0.3 is 18.9 Å². The van der Waals surface area contributed by atoms with Crippen LogP contribution in [0, 0.1) is 5.92 Å². The summed E-state index contributed by atoms with van der Waals surface area (Å²) in [4.78, 5) is 31.5. The third-order valence-electron chi connectivity index (χ3n) is 5.28. The molecule has 3 rings (SSSR count). The van der Waals surface area contributed by atoms with Crippen LogP contribution in [0.2, 0.25) is 0 Å². The van der Waals surface area contributed by atoms with Gasteiger partial charge in [0, 0.05) is 38.8 Å². The normalized spacial score (nSPS) is 15.3. The first-order valence-electron chi connectivity index (χ1n) is 11.1. The fourth-order valence-corrected chi connectivity index (χ4v) is 3.73. The molecule has 1 aromatic heterocycles. The van der Waals surface area contributed by atoms with Crippen molar-refractivity contribution in [2.75, 3.05) is 31.6 Å². The molecule has 1 aliphatic rings. The average molecular weight is 431 g/mol. The predicted molar refractivity (Wildman–Crippen MR) is 120 cm³/mol. The monoisotopic (exact) mass is 430 g/mol. The lowest BCUT2D eigenvalue weighted by Crippen LogP contribution is -2.43. The minimum absolute atomic E-state index is 0.0507. The molecule has 1 saturated heterocycles. The van der Waals surface area contributed by atoms with Crippen LogP contribution in [0.25, 0.3) is 11.0 Å². The molecule has 0 bridgehead atoms. The van der Waals surface area contributed by atoms with Crippen molar-refractivity contribution in [2.45, 2.75) is 59.1 Å². The van der Waals surface area contributed by atoms with Crippen molar-refractivity contribution >= 4 is 29.0 Å². The maximum atomic E-state index is 13.0. The third-order valence-corrected chi connectivity index (χ3v) is 5.28. The number of anilines is 1. The second-order valence-electron chi connectivity index (χ2n) is 8.86. The largest absolute Gasteiger partial charge is 0.444 e. The maximum Gasteiger partial charge on any atom is 0.410 e. The SMILES string of the molecule is CCOCCCn1c(NC(=O)C2CCN(C(=O)OC(C)(C)C)CC2)nc2ccccc21. The van der Waals surface area contributed by atoms with Crippen LogP contribution in [-0.4, -0.2) is 58.4 Å². The highest BCUT2D eigenvalue weighted by Gasteiger charge is 2.30. The molecule has 0 radical (unpaired) electrons. The van der Waals surface area contributed by atoms with E-state index >= 15 is 0 Å². The molecule has 0 aliphatic carbocycles. The fraction of sp³-hybridized carbons (Fsp3) is 0.609. The number of aryl methyl sites for hydroxylation is 1. The summed E-state index contributed by atoms with van der Waals surface area (Å²) in [5.41, 5.74) is 1.33. The molecule has 170 valence electrons. The summed E-state index contributed by atoms with van der Waals surface area (Å²) in [5, 5.41) is 3.03. The second kappa shape index (κ2) is 10.1. The molecule has 31 heavy (non-hydrogen) atoms. The number of fused-ring (bicyclic) bond motifs is 1. The highest BCUT2D eigenvalue weighted by molar-refractivity contribution is 5.93. The van der Waals surface area contributed by atoms with Crippen molar-refractivity contribution in [3.63, 3.8) is 0 Å². The number of amides is 2. The van der Waals surface area contributed by atoms with Gasteiger partial charge in [-0.15, -0.1) is 0 Å². The highest BCUT2D eigenvalue weighted by atomic mass is 16.6. The summed E-state index contributed by atoms with van der Waals surface area (Å²) in [6.45, 7) is 10.6. The topological polar surface area (TPSA) is 85.7 Å². The van der Waals surface area contributed by atoms with E-state index in [1.54, 1.807) is 4.90 Å². The van der Waals surface area contributed by atoms with E-state index in [0.717, 1.165) is 17.5 Å². The summed E-state index contributed by atoms with van der Waals surface area (Å²) in [6, 6.07) is 7.88. The van der Waals surface area contributed by atoms with Gasteiger partial charge in [-0.25, -0.2) is 9.78 Å². The van der Waals surface area contributed by atoms with E-state index in [1.807, 2.05) is 56.5 Å². The summed E-state index contributed by atoms with van der Waals surface area (Å²) in [5.74, 6) is 0.359. The Kier molecular flexibility index (Phi) is 7.54. The highest BCUT2D eigenvalue weighted by Crippen LogP contribution is 2.24. The van der Waals surface area contributed by atoms with Crippen LogP contribution < -0.4 is 5.32 Å². The zero-order chi connectivity index (χ0) is 22.4. The van der Waals surface area contributed by atoms with Gasteiger partial charge in [-0.05, 0) is 59.1 Å². The van der Waals surface area contributed by atoms with Crippen molar-refractivity contribution in [3.05, 3.63) is 24.3 Å². The van der Waals surface area contributed by atoms with E-state index < -0.39 is 5.60 Å². The molecule has 8 nitrogen and oxygen atoms in total. The van der Waals surface area contributed by atoms with Gasteiger partial charge in [-0.2, -0.15) is 0 Å². The molecule has 1 N–H and O–H groups in total. The van der Waals surface area contributed by atoms with Gasteiger partial charge >= 0.3 is 6.09 Å². The maximum absolute atomic E-state index is 13.0. The molecule has 2 amide bonds. The molecule has 1 fully saturated rings. The summed E-state index contributed by atoms with van der Waals surface area (Å²) in [6.07, 6.45) is 1.74. The number of piperidine rings is 1. The van der Waals surface area contributed by atoms with Gasteiger partial charge in [0.15, 0.2) is 0 Å². The van der Waals surface area contributed by atoms with Crippen LogP contribution in [-0.2, 0) is 20.8 Å². The minimum atomic E-state index is -0.521. The number of likely N-dealkylation sites (tertiary alicyclic amines) is 1. The number of hydrogen-bond donors (Lipinski definition) is 1. The van der Waals surface area contributed by atoms with Crippen LogP contribution in [0.5, 0.6) is 0 Å². The second-order valence-corrected chi connectivity index (χ2v) is 8.86. The number of para-hydroxylation sites is 2. The van der Waals surface area contributed by atoms with Crippen molar-refractivity contribution in [1.29, 1.82) is 0 Å². The van der Waals surface area contributed by atoms with Crippen LogP contribution in [0.3, 0.4) is 0 Å². The van der Waals surface area contributed by atoms with Crippen molar-refractivity contribution < 1.29 is 19.1 Å². The molecular weight excluding hydrogens is 396 g/mol. The smallest absolute Gasteiger partial charge is 0.410 e. The van der Waals surface area contributed by atoms with Gasteiger partial charge in [-0.3, -0.25) is 10.1 Å². The average Bonchev–Trinajstić information content (AvgIpc) is 3.07. The van der Waals surface area contributed by atoms with Gasteiger partial charge in [-0.1, -0.05) is 12.1 Å². The number of carbonyl (C=O) groups excluding carboxylic acids is 2. The van der Waals surface area contributed by atoms with Crippen LogP contribution in [0.15, 0.2) is 24.3 Å². The van der Waals surface area contributed by atoms with E-state index in [1.165, 1.54) is 0 Å². The quantitative estimate of drug-likeness (QED) is 0.670. The molecule has 0 spiro atoms. The van der Waals surface area contributed by atoms with Crippen LogP contribution in [0.4, 0.5) is 10.7 Å². The zero-order valence-corrected chi connectivity index (χ0v) is 19.0. The van der Waals surface area contributed by atoms with Gasteiger partial charge in [0.05, 0.1) is 11.0 Å². The lowest BCUT2D eigenvalue weighted by molar-refractivity contribution is -0.121. The molecule has 2 heterocycles. The van der Waals surface area contributed by atoms with E-state index in [4.69, 9.17) is 9.47 Å². The Balaban J connectivity index is 1.62. The number of nitrogens with one attached hydrogen (secondary N) is 1. The Hall–Kier alpha value is -2.61. The van der Waals surface area contributed by atoms with E-state index in [-0.39, 0.29) is 17.9 Å². The third kappa shape index (κ3) is 6.19. The number of hydrogen-bond acceptors (Lipinski definition) is 5. The molecule has 0 saturated carbocycles. The summed E-state index contributed by atoms with van der Waals surface area (Å²) >= 11 is 0. The molecule has 2 aromatic rings. The number of carbonyl (C=O) groups is 2. The standard InChI is InChI=1S/C23H34N4O4/c1-5-30-16-8-13-27-19-10-7-6-9-18(19)24-21(27)25-20(28)17-11-14-26(15-12-17)22(29)31-23(2,3)4/h6-7,9-10,17H,5,8,11-16H2,1-4H3,(H,24,25,28).